The Morgan fingerprint density at radius 1 is 1.37 bits per heavy atom. The molecule has 0 atom stereocenters. The number of nitrogen functional groups attached to an aromatic ring is 1. The van der Waals surface area contributed by atoms with Crippen molar-refractivity contribution in [1.29, 1.82) is 0 Å². The average Bonchev–Trinajstić information content (AvgIpc) is 2.35. The highest BCUT2D eigenvalue weighted by Crippen LogP contribution is 2.27. The van der Waals surface area contributed by atoms with Gasteiger partial charge in [0.15, 0.2) is 5.82 Å². The summed E-state index contributed by atoms with van der Waals surface area (Å²) in [6, 6.07) is 1.71. The molecule has 19 heavy (non-hydrogen) atoms. The van der Waals surface area contributed by atoms with Crippen molar-refractivity contribution in [3.63, 3.8) is 0 Å². The van der Waals surface area contributed by atoms with Crippen molar-refractivity contribution in [2.45, 2.75) is 19.3 Å². The first-order chi connectivity index (χ1) is 9.06. The van der Waals surface area contributed by atoms with E-state index in [0.29, 0.717) is 18.4 Å². The molecule has 3 N–H and O–H groups in total. The fourth-order valence-electron chi connectivity index (χ4n) is 2.13. The molecule has 1 aliphatic rings. The van der Waals surface area contributed by atoms with Gasteiger partial charge in [-0.05, 0) is 36.3 Å². The van der Waals surface area contributed by atoms with Gasteiger partial charge in [-0.15, -0.1) is 0 Å². The summed E-state index contributed by atoms with van der Waals surface area (Å²) >= 11 is 1.88. The van der Waals surface area contributed by atoms with Gasteiger partial charge in [0, 0.05) is 12.5 Å². The van der Waals surface area contributed by atoms with Crippen LogP contribution in [0, 0.1) is 17.6 Å². The number of nitrogens with one attached hydrogen (secondary N) is 1. The molecule has 3 nitrogen and oxygen atoms in total. The van der Waals surface area contributed by atoms with Crippen molar-refractivity contribution >= 4 is 29.0 Å². The predicted octanol–water partition coefficient (Wildman–Crippen LogP) is 3.02. The fourth-order valence-corrected chi connectivity index (χ4v) is 3.33. The third-order valence-corrected chi connectivity index (χ3v) is 4.21. The minimum absolute atomic E-state index is 0.0925. The fraction of sp³-hybridized carbons (Fsp3) is 0.462. The van der Waals surface area contributed by atoms with Crippen LogP contribution in [0.1, 0.15) is 19.3 Å². The van der Waals surface area contributed by atoms with Crippen molar-refractivity contribution in [1.82, 2.24) is 0 Å². The van der Waals surface area contributed by atoms with Crippen LogP contribution in [0.3, 0.4) is 0 Å². The molecular weight excluding hydrogens is 270 g/mol. The zero-order valence-corrected chi connectivity index (χ0v) is 11.2. The van der Waals surface area contributed by atoms with Gasteiger partial charge < -0.3 is 11.1 Å². The molecule has 0 aliphatic carbocycles. The largest absolute Gasteiger partial charge is 0.397 e. The maximum atomic E-state index is 13.5. The van der Waals surface area contributed by atoms with E-state index in [1.165, 1.54) is 0 Å². The Hall–Kier alpha value is -1.30. The molecule has 1 heterocycles. The number of hydrogen-bond acceptors (Lipinski definition) is 3. The van der Waals surface area contributed by atoms with Crippen molar-refractivity contribution in [3.8, 4) is 0 Å². The van der Waals surface area contributed by atoms with Crippen molar-refractivity contribution in [2.75, 3.05) is 22.6 Å². The van der Waals surface area contributed by atoms with Gasteiger partial charge >= 0.3 is 0 Å². The van der Waals surface area contributed by atoms with Gasteiger partial charge in [0.05, 0.1) is 5.69 Å². The highest BCUT2D eigenvalue weighted by atomic mass is 32.2. The molecular formula is C13H16F2N2OS. The van der Waals surface area contributed by atoms with E-state index < -0.39 is 11.6 Å². The lowest BCUT2D eigenvalue weighted by atomic mass is 9.98. The summed E-state index contributed by atoms with van der Waals surface area (Å²) in [5.74, 6) is 0.596. The Kier molecular flexibility index (Phi) is 4.63. The van der Waals surface area contributed by atoms with Gasteiger partial charge in [-0.2, -0.15) is 11.8 Å². The van der Waals surface area contributed by atoms with Crippen molar-refractivity contribution in [3.05, 3.63) is 23.8 Å². The number of anilines is 2. The van der Waals surface area contributed by atoms with Gasteiger partial charge in [-0.25, -0.2) is 8.78 Å². The number of nitrogens with two attached hydrogens (primary N) is 1. The lowest BCUT2D eigenvalue weighted by molar-refractivity contribution is -0.117. The number of halogens is 2. The van der Waals surface area contributed by atoms with Crippen LogP contribution in [0.5, 0.6) is 0 Å². The van der Waals surface area contributed by atoms with E-state index in [-0.39, 0.29) is 17.3 Å². The van der Waals surface area contributed by atoms with Gasteiger partial charge in [0.1, 0.15) is 11.5 Å². The topological polar surface area (TPSA) is 55.1 Å². The molecule has 1 saturated heterocycles. The van der Waals surface area contributed by atoms with Crippen LogP contribution in [-0.4, -0.2) is 17.4 Å². The summed E-state index contributed by atoms with van der Waals surface area (Å²) in [6.45, 7) is 0. The van der Waals surface area contributed by atoms with Crippen molar-refractivity contribution in [2.24, 2.45) is 5.92 Å². The standard InChI is InChI=1S/C13H16F2N2OS/c14-9-6-10(15)13(11(16)7-9)17-12(18)5-8-1-3-19-4-2-8/h6-8H,1-5,16H2,(H,17,18). The van der Waals surface area contributed by atoms with Gasteiger partial charge in [0.25, 0.3) is 0 Å². The van der Waals surface area contributed by atoms with Crippen molar-refractivity contribution < 1.29 is 13.6 Å². The molecule has 104 valence electrons. The molecule has 0 spiro atoms. The molecule has 0 bridgehead atoms. The highest BCUT2D eigenvalue weighted by Gasteiger charge is 2.19. The van der Waals surface area contributed by atoms with Crippen LogP contribution in [0.2, 0.25) is 0 Å². The molecule has 1 fully saturated rings. The molecule has 0 aromatic heterocycles. The molecule has 1 aromatic rings. The Bertz CT molecular complexity index is 453. The molecule has 2 rings (SSSR count). The second kappa shape index (κ2) is 6.23. The highest BCUT2D eigenvalue weighted by molar-refractivity contribution is 7.99. The number of carbonyl (C=O) groups is 1. The smallest absolute Gasteiger partial charge is 0.224 e. The summed E-state index contributed by atoms with van der Waals surface area (Å²) in [5, 5.41) is 2.44. The quantitative estimate of drug-likeness (QED) is 0.840. The van der Waals surface area contributed by atoms with E-state index >= 15 is 0 Å². The van der Waals surface area contributed by atoms with Crippen LogP contribution in [0.25, 0.3) is 0 Å². The lowest BCUT2D eigenvalue weighted by Crippen LogP contribution is -2.20. The van der Waals surface area contributed by atoms with E-state index in [4.69, 9.17) is 5.73 Å². The third kappa shape index (κ3) is 3.83. The minimum Gasteiger partial charge on any atom is -0.397 e. The first-order valence-corrected chi connectivity index (χ1v) is 7.34. The van der Waals surface area contributed by atoms with Crippen LogP contribution in [0.4, 0.5) is 20.2 Å². The lowest BCUT2D eigenvalue weighted by Gasteiger charge is -2.20. The van der Waals surface area contributed by atoms with Crippen LogP contribution >= 0.6 is 11.8 Å². The summed E-state index contributed by atoms with van der Waals surface area (Å²) in [5.41, 5.74) is 5.28. The van der Waals surface area contributed by atoms with Gasteiger partial charge in [-0.3, -0.25) is 4.79 Å². The molecule has 1 aromatic carbocycles. The first-order valence-electron chi connectivity index (χ1n) is 6.18. The van der Waals surface area contributed by atoms with E-state index in [0.717, 1.165) is 30.4 Å². The monoisotopic (exact) mass is 286 g/mol. The predicted molar refractivity (Wildman–Crippen MR) is 74.1 cm³/mol. The molecule has 1 aliphatic heterocycles. The Morgan fingerprint density at radius 3 is 2.68 bits per heavy atom. The maximum absolute atomic E-state index is 13.5. The zero-order valence-electron chi connectivity index (χ0n) is 10.4. The van der Waals surface area contributed by atoms with Gasteiger partial charge in [-0.1, -0.05) is 0 Å². The van der Waals surface area contributed by atoms with E-state index in [2.05, 4.69) is 5.32 Å². The summed E-state index contributed by atoms with van der Waals surface area (Å²) < 4.78 is 26.4. The summed E-state index contributed by atoms with van der Waals surface area (Å²) in [4.78, 5) is 11.8. The Morgan fingerprint density at radius 2 is 2.05 bits per heavy atom. The van der Waals surface area contributed by atoms with Crippen LogP contribution < -0.4 is 11.1 Å². The number of hydrogen-bond donors (Lipinski definition) is 2. The summed E-state index contributed by atoms with van der Waals surface area (Å²) in [6.07, 6.45) is 2.36. The maximum Gasteiger partial charge on any atom is 0.224 e. The number of thioether (sulfide) groups is 1. The first kappa shape index (κ1) is 14.1. The van der Waals surface area contributed by atoms with E-state index in [9.17, 15) is 13.6 Å². The molecule has 1 amide bonds. The van der Waals surface area contributed by atoms with E-state index in [1.54, 1.807) is 0 Å². The Balaban J connectivity index is 1.98. The molecule has 0 radical (unpaired) electrons. The zero-order chi connectivity index (χ0) is 13.8. The second-order valence-electron chi connectivity index (χ2n) is 4.66. The minimum atomic E-state index is -0.843. The number of benzene rings is 1. The van der Waals surface area contributed by atoms with E-state index in [1.807, 2.05) is 11.8 Å². The third-order valence-electron chi connectivity index (χ3n) is 3.16. The van der Waals surface area contributed by atoms with Crippen LogP contribution in [0.15, 0.2) is 12.1 Å². The SMILES string of the molecule is Nc1cc(F)cc(F)c1NC(=O)CC1CCSCC1. The second-order valence-corrected chi connectivity index (χ2v) is 5.88. The molecule has 6 heteroatoms. The number of rotatable bonds is 3. The Labute approximate surface area is 114 Å². The summed E-state index contributed by atoms with van der Waals surface area (Å²) in [7, 11) is 0. The average molecular weight is 286 g/mol. The normalized spacial score (nSPS) is 16.3. The molecule has 0 saturated carbocycles. The van der Waals surface area contributed by atoms with Gasteiger partial charge in [0.2, 0.25) is 5.91 Å². The number of carbonyl (C=O) groups excluding carboxylic acids is 1. The van der Waals surface area contributed by atoms with Crippen LogP contribution in [-0.2, 0) is 4.79 Å². The number of amides is 1. The molecule has 0 unspecified atom stereocenters.